The van der Waals surface area contributed by atoms with Gasteiger partial charge in [-0.2, -0.15) is 0 Å². The van der Waals surface area contributed by atoms with Crippen molar-refractivity contribution in [2.75, 3.05) is 0 Å². The fraction of sp³-hybridized carbons (Fsp3) is 0.385. The third-order valence-corrected chi connectivity index (χ3v) is 1.56. The Balaban J connectivity index is -0.000000196. The van der Waals surface area contributed by atoms with Crippen molar-refractivity contribution in [2.45, 2.75) is 32.5 Å². The second-order valence-electron chi connectivity index (χ2n) is 3.23. The van der Waals surface area contributed by atoms with Crippen LogP contribution in [0.4, 0.5) is 4.79 Å². The van der Waals surface area contributed by atoms with E-state index in [2.05, 4.69) is 18.4 Å². The van der Waals surface area contributed by atoms with E-state index in [0.717, 1.165) is 6.32 Å². The summed E-state index contributed by atoms with van der Waals surface area (Å²) in [7, 11) is 5.21. The predicted molar refractivity (Wildman–Crippen MR) is 79.1 cm³/mol. The van der Waals surface area contributed by atoms with Gasteiger partial charge in [0.1, 0.15) is 12.5 Å². The van der Waals surface area contributed by atoms with Gasteiger partial charge in [-0.15, -0.1) is 0 Å². The smallest absolute Gasteiger partial charge is 0.309 e. The first-order valence-electron chi connectivity index (χ1n) is 5.82. The number of phenolic OH excluding ortho intramolecular Hbond substituents is 1. The van der Waals surface area contributed by atoms with Gasteiger partial charge in [0.2, 0.25) is 0 Å². The number of phenols is 1. The van der Waals surface area contributed by atoms with Gasteiger partial charge in [-0.25, -0.2) is 4.79 Å². The van der Waals surface area contributed by atoms with Gasteiger partial charge in [-0.1, -0.05) is 50.7 Å². The molecule has 106 valence electrons. The van der Waals surface area contributed by atoms with Crippen molar-refractivity contribution in [1.82, 2.24) is 0 Å². The largest absolute Gasteiger partial charge is 0.508 e. The summed E-state index contributed by atoms with van der Waals surface area (Å²) in [6, 6.07) is 7.88. The first kappa shape index (κ1) is 22.2. The Morgan fingerprint density at radius 1 is 1.21 bits per heavy atom. The lowest BCUT2D eigenvalue weighted by Gasteiger charge is -1.86. The summed E-state index contributed by atoms with van der Waals surface area (Å²) in [4.78, 5) is 17.0. The second kappa shape index (κ2) is 21.3. The average Bonchev–Trinajstić information content (AvgIpc) is 2.40. The molecule has 2 radical (unpaired) electrons. The minimum Gasteiger partial charge on any atom is -0.508 e. The van der Waals surface area contributed by atoms with Gasteiger partial charge in [0.15, 0.2) is 0 Å². The van der Waals surface area contributed by atoms with Crippen LogP contribution in [0.2, 0.25) is 6.32 Å². The number of urea groups is 1. The molecule has 1 aromatic carbocycles. The minimum absolute atomic E-state index is 0.322. The van der Waals surface area contributed by atoms with Gasteiger partial charge < -0.3 is 21.4 Å². The number of rotatable bonds is 3. The molecule has 0 unspecified atom stereocenters. The van der Waals surface area contributed by atoms with Crippen LogP contribution in [0.15, 0.2) is 30.3 Å². The van der Waals surface area contributed by atoms with Gasteiger partial charge in [0.25, 0.3) is 0 Å². The van der Waals surface area contributed by atoms with E-state index in [4.69, 9.17) is 22.5 Å². The Morgan fingerprint density at radius 2 is 1.63 bits per heavy atom. The molecule has 1 aromatic rings. The lowest BCUT2D eigenvalue weighted by atomic mass is 10.00. The fourth-order valence-electron chi connectivity index (χ4n) is 0.822. The van der Waals surface area contributed by atoms with Gasteiger partial charge in [-0.3, -0.25) is 0 Å². The molecule has 0 saturated heterocycles. The summed E-state index contributed by atoms with van der Waals surface area (Å²) in [5, 5.41) is 8.63. The van der Waals surface area contributed by atoms with E-state index in [1.807, 2.05) is 12.9 Å². The van der Waals surface area contributed by atoms with Crippen molar-refractivity contribution in [3.05, 3.63) is 30.3 Å². The fourth-order valence-corrected chi connectivity index (χ4v) is 0.822. The Bertz CT molecular complexity index is 276. The highest BCUT2D eigenvalue weighted by molar-refractivity contribution is 6.08. The highest BCUT2D eigenvalue weighted by atomic mass is 16.3. The van der Waals surface area contributed by atoms with Crippen LogP contribution in [0, 0.1) is 0 Å². The maximum Gasteiger partial charge on any atom is 0.309 e. The Kier molecular flexibility index (Phi) is 24.9. The van der Waals surface area contributed by atoms with E-state index >= 15 is 0 Å². The van der Waals surface area contributed by atoms with Crippen molar-refractivity contribution < 1.29 is 14.7 Å². The highest BCUT2D eigenvalue weighted by Gasteiger charge is 1.75. The Hall–Kier alpha value is -1.98. The molecule has 0 saturated carbocycles. The SMILES string of the molecule is C=O.NC(N)=O.Oc1ccccc1.[B]CCCCC. The van der Waals surface area contributed by atoms with Crippen LogP contribution in [0.25, 0.3) is 0 Å². The number of nitrogens with two attached hydrogens (primary N) is 2. The van der Waals surface area contributed by atoms with Gasteiger partial charge in [-0.05, 0) is 12.1 Å². The quantitative estimate of drug-likeness (QED) is 0.575. The number of para-hydroxylation sites is 1. The molecule has 19 heavy (non-hydrogen) atoms. The van der Waals surface area contributed by atoms with Crippen molar-refractivity contribution in [3.63, 3.8) is 0 Å². The van der Waals surface area contributed by atoms with Gasteiger partial charge in [0, 0.05) is 0 Å². The number of carbonyl (C=O) groups excluding carboxylic acids is 2. The van der Waals surface area contributed by atoms with Crippen molar-refractivity contribution in [1.29, 1.82) is 0 Å². The second-order valence-corrected chi connectivity index (χ2v) is 3.23. The zero-order valence-electron chi connectivity index (χ0n) is 11.4. The predicted octanol–water partition coefficient (Wildman–Crippen LogP) is 1.99. The van der Waals surface area contributed by atoms with E-state index in [1.54, 1.807) is 24.3 Å². The normalized spacial score (nSPS) is 7.42. The van der Waals surface area contributed by atoms with E-state index in [9.17, 15) is 0 Å². The van der Waals surface area contributed by atoms with Crippen LogP contribution in [0.1, 0.15) is 26.2 Å². The number of benzene rings is 1. The van der Waals surface area contributed by atoms with Crippen molar-refractivity contribution in [2.24, 2.45) is 11.5 Å². The molecule has 0 aliphatic rings. The van der Waals surface area contributed by atoms with Crippen LogP contribution in [0.3, 0.4) is 0 Å². The number of amides is 2. The molecule has 5 N–H and O–H groups in total. The Labute approximate surface area is 116 Å². The summed E-state index contributed by atoms with van der Waals surface area (Å²) >= 11 is 0. The van der Waals surface area contributed by atoms with Gasteiger partial charge >= 0.3 is 6.03 Å². The summed E-state index contributed by atoms with van der Waals surface area (Å²) in [6.45, 7) is 4.18. The number of carbonyl (C=O) groups is 2. The topological polar surface area (TPSA) is 106 Å². The van der Waals surface area contributed by atoms with Crippen LogP contribution < -0.4 is 11.5 Å². The first-order chi connectivity index (χ1) is 9.04. The molecule has 0 heterocycles. The zero-order chi connectivity index (χ0) is 15.5. The molecule has 0 aliphatic heterocycles. The van der Waals surface area contributed by atoms with Crippen LogP contribution in [0.5, 0.6) is 5.75 Å². The standard InChI is InChI=1S/C6H6O.C5H11B.CH4N2O.CH2O/c7-6-4-2-1-3-5-6;1-2-3-4-5-6;2-1(3)4;1-2/h1-5,7H;2-5H2,1H3;(H4,2,3,4);1H2. The molecule has 0 bridgehead atoms. The summed E-state index contributed by atoms with van der Waals surface area (Å²) < 4.78 is 0. The summed E-state index contributed by atoms with van der Waals surface area (Å²) in [6.07, 6.45) is 4.61. The molecule has 1 rings (SSSR count). The first-order valence-corrected chi connectivity index (χ1v) is 5.82. The Morgan fingerprint density at radius 3 is 1.79 bits per heavy atom. The number of unbranched alkanes of at least 4 members (excludes halogenated alkanes) is 2. The number of hydrogen-bond acceptors (Lipinski definition) is 3. The molecule has 5 nitrogen and oxygen atoms in total. The molecule has 0 spiro atoms. The van der Waals surface area contributed by atoms with Crippen LogP contribution in [-0.4, -0.2) is 25.8 Å². The molecule has 2 amide bonds. The molecular weight excluding hydrogens is 243 g/mol. The number of aromatic hydroxyl groups is 1. The van der Waals surface area contributed by atoms with Crippen molar-refractivity contribution >= 4 is 20.7 Å². The monoisotopic (exact) mass is 266 g/mol. The lowest BCUT2D eigenvalue weighted by molar-refractivity contribution is -0.0979. The van der Waals surface area contributed by atoms with Crippen molar-refractivity contribution in [3.8, 4) is 5.75 Å². The third kappa shape index (κ3) is 38.7. The van der Waals surface area contributed by atoms with E-state index in [-0.39, 0.29) is 0 Å². The third-order valence-electron chi connectivity index (χ3n) is 1.56. The molecular formula is C13H23BN2O3. The van der Waals surface area contributed by atoms with Crippen LogP contribution in [-0.2, 0) is 4.79 Å². The maximum absolute atomic E-state index is 9.00. The summed E-state index contributed by atoms with van der Waals surface area (Å²) in [5.41, 5.74) is 8.50. The van der Waals surface area contributed by atoms with Gasteiger partial charge in [0.05, 0.1) is 7.85 Å². The summed E-state index contributed by atoms with van der Waals surface area (Å²) in [5.74, 6) is 0.322. The number of primary amides is 2. The van der Waals surface area contributed by atoms with E-state index in [1.165, 1.54) is 19.3 Å². The molecule has 0 atom stereocenters. The highest BCUT2D eigenvalue weighted by Crippen LogP contribution is 2.02. The minimum atomic E-state index is -0.833. The molecule has 0 aliphatic carbocycles. The maximum atomic E-state index is 9.00. The number of hydrogen-bond donors (Lipinski definition) is 3. The zero-order valence-corrected chi connectivity index (χ0v) is 11.4. The lowest BCUT2D eigenvalue weighted by Crippen LogP contribution is -2.18. The average molecular weight is 266 g/mol. The van der Waals surface area contributed by atoms with E-state index < -0.39 is 6.03 Å². The molecule has 0 fully saturated rings. The van der Waals surface area contributed by atoms with Crippen LogP contribution >= 0.6 is 0 Å². The molecule has 0 aromatic heterocycles. The molecule has 6 heteroatoms. The van der Waals surface area contributed by atoms with E-state index in [0.29, 0.717) is 5.75 Å².